The fourth-order valence-corrected chi connectivity index (χ4v) is 4.23. The Bertz CT molecular complexity index is 925. The van der Waals surface area contributed by atoms with Gasteiger partial charge in [0, 0.05) is 37.7 Å². The van der Waals surface area contributed by atoms with Crippen molar-refractivity contribution in [3.63, 3.8) is 0 Å². The van der Waals surface area contributed by atoms with Crippen LogP contribution in [-0.4, -0.2) is 73.8 Å². The molecule has 2 saturated heterocycles. The van der Waals surface area contributed by atoms with Crippen LogP contribution in [0.3, 0.4) is 0 Å². The molecule has 1 saturated carbocycles. The van der Waals surface area contributed by atoms with Gasteiger partial charge in [-0.1, -0.05) is 12.2 Å². The number of alkyl halides is 2. The van der Waals surface area contributed by atoms with E-state index in [1.54, 1.807) is 4.90 Å². The number of nitrogens with one attached hydrogen (secondary N) is 2. The monoisotopic (exact) mass is 489 g/mol. The molecule has 0 aromatic heterocycles. The number of hydrazine groups is 1. The molecule has 1 aromatic rings. The number of hydrogen-bond acceptors (Lipinski definition) is 6. The van der Waals surface area contributed by atoms with E-state index in [2.05, 4.69) is 5.43 Å². The predicted molar refractivity (Wildman–Crippen MR) is 115 cm³/mol. The first-order valence-corrected chi connectivity index (χ1v) is 11.0. The van der Waals surface area contributed by atoms with Gasteiger partial charge in [-0.3, -0.25) is 14.7 Å². The van der Waals surface area contributed by atoms with E-state index in [9.17, 15) is 27.2 Å². The summed E-state index contributed by atoms with van der Waals surface area (Å²) in [4.78, 5) is 26.5. The molecule has 3 fully saturated rings. The normalized spacial score (nSPS) is 21.3. The van der Waals surface area contributed by atoms with Crippen LogP contribution < -0.4 is 20.5 Å². The molecule has 0 bridgehead atoms. The number of amides is 2. The maximum Gasteiger partial charge on any atom is 0.414 e. The van der Waals surface area contributed by atoms with Crippen LogP contribution in [0.5, 0.6) is 0 Å². The van der Waals surface area contributed by atoms with Gasteiger partial charge in [0.25, 0.3) is 5.91 Å². The third kappa shape index (κ3) is 5.29. The fraction of sp³-hybridized carbons (Fsp3) is 0.550. The van der Waals surface area contributed by atoms with Gasteiger partial charge in [0.1, 0.15) is 11.8 Å². The van der Waals surface area contributed by atoms with Gasteiger partial charge in [0.15, 0.2) is 11.6 Å². The largest absolute Gasteiger partial charge is 0.442 e. The van der Waals surface area contributed by atoms with E-state index in [0.717, 1.165) is 34.9 Å². The van der Waals surface area contributed by atoms with Crippen molar-refractivity contribution >= 4 is 40.6 Å². The molecule has 3 aliphatic rings. The highest BCUT2D eigenvalue weighted by atomic mass is 32.1. The molecule has 0 spiro atoms. The van der Waals surface area contributed by atoms with Crippen molar-refractivity contribution in [1.29, 1.82) is 0 Å². The Hall–Kier alpha value is -2.67. The van der Waals surface area contributed by atoms with Gasteiger partial charge in [-0.25, -0.2) is 19.0 Å². The molecule has 13 heteroatoms. The lowest BCUT2D eigenvalue weighted by Gasteiger charge is -2.25. The topological polar surface area (TPSA) is 77.2 Å². The highest BCUT2D eigenvalue weighted by Gasteiger charge is 2.35. The van der Waals surface area contributed by atoms with Crippen LogP contribution in [-0.2, 0) is 9.53 Å². The molecule has 2 heterocycles. The van der Waals surface area contributed by atoms with Crippen LogP contribution in [0, 0.1) is 17.6 Å². The lowest BCUT2D eigenvalue weighted by atomic mass is 10.2. The number of ether oxygens (including phenoxy) is 1. The lowest BCUT2D eigenvalue weighted by molar-refractivity contribution is -0.132. The third-order valence-corrected chi connectivity index (χ3v) is 6.23. The molecule has 2 amide bonds. The molecule has 180 valence electrons. The van der Waals surface area contributed by atoms with Gasteiger partial charge < -0.3 is 15.0 Å². The molecular weight excluding hydrogens is 466 g/mol. The summed E-state index contributed by atoms with van der Waals surface area (Å²) in [5.41, 5.74) is 2.93. The van der Waals surface area contributed by atoms with Crippen LogP contribution in [0.1, 0.15) is 12.8 Å². The quantitative estimate of drug-likeness (QED) is 0.468. The lowest BCUT2D eigenvalue weighted by Crippen LogP contribution is -2.43. The van der Waals surface area contributed by atoms with Gasteiger partial charge in [-0.2, -0.15) is 8.78 Å². The van der Waals surface area contributed by atoms with Gasteiger partial charge >= 0.3 is 12.5 Å². The van der Waals surface area contributed by atoms with Crippen molar-refractivity contribution in [1.82, 2.24) is 15.8 Å². The van der Waals surface area contributed by atoms with Gasteiger partial charge in [0.2, 0.25) is 0 Å². The summed E-state index contributed by atoms with van der Waals surface area (Å²) in [6, 6.07) is 2.06. The van der Waals surface area contributed by atoms with Crippen molar-refractivity contribution < 1.29 is 31.9 Å². The molecule has 1 atom stereocenters. The minimum Gasteiger partial charge on any atom is -0.442 e. The zero-order valence-corrected chi connectivity index (χ0v) is 18.3. The average Bonchev–Trinajstić information content (AvgIpc) is 3.57. The molecule has 33 heavy (non-hydrogen) atoms. The Balaban J connectivity index is 1.42. The van der Waals surface area contributed by atoms with E-state index < -0.39 is 36.2 Å². The number of halogens is 4. The number of nitrogens with zero attached hydrogens (tertiary/aromatic N) is 3. The molecule has 0 radical (unpaired) electrons. The van der Waals surface area contributed by atoms with Crippen LogP contribution in [0.4, 0.5) is 33.7 Å². The van der Waals surface area contributed by atoms with E-state index >= 15 is 0 Å². The summed E-state index contributed by atoms with van der Waals surface area (Å²) in [5.74, 6) is -2.79. The summed E-state index contributed by atoms with van der Waals surface area (Å²) in [6.45, 7) is 1.15. The third-order valence-electron chi connectivity index (χ3n) is 5.68. The summed E-state index contributed by atoms with van der Waals surface area (Å²) in [5, 5.41) is 3.82. The molecule has 0 unspecified atom stereocenters. The van der Waals surface area contributed by atoms with E-state index in [4.69, 9.17) is 17.0 Å². The van der Waals surface area contributed by atoms with Gasteiger partial charge in [-0.05, 0) is 12.8 Å². The second kappa shape index (κ2) is 9.67. The maximum atomic E-state index is 15.0. The number of benzene rings is 1. The van der Waals surface area contributed by atoms with Crippen molar-refractivity contribution in [2.24, 2.45) is 5.92 Å². The summed E-state index contributed by atoms with van der Waals surface area (Å²) >= 11 is 5.46. The number of carbonyl (C=O) groups excluding carboxylic acids is 2. The van der Waals surface area contributed by atoms with Crippen molar-refractivity contribution in [2.75, 3.05) is 49.1 Å². The van der Waals surface area contributed by atoms with E-state index in [-0.39, 0.29) is 24.5 Å². The highest BCUT2D eigenvalue weighted by Crippen LogP contribution is 2.33. The highest BCUT2D eigenvalue weighted by molar-refractivity contribution is 7.80. The van der Waals surface area contributed by atoms with E-state index in [1.807, 2.05) is 10.3 Å². The van der Waals surface area contributed by atoms with Crippen LogP contribution in [0.2, 0.25) is 0 Å². The molecular formula is C20H23F4N5O3S. The first kappa shape index (κ1) is 23.5. The molecule has 8 nitrogen and oxygen atoms in total. The fourth-order valence-electron chi connectivity index (χ4n) is 3.83. The Labute approximate surface area is 192 Å². The first-order chi connectivity index (χ1) is 15.7. The maximum absolute atomic E-state index is 15.0. The Morgan fingerprint density at radius 2 is 1.91 bits per heavy atom. The minimum atomic E-state index is -3.19. The Morgan fingerprint density at radius 1 is 1.21 bits per heavy atom. The Morgan fingerprint density at radius 3 is 2.55 bits per heavy atom. The van der Waals surface area contributed by atoms with Crippen LogP contribution in [0.25, 0.3) is 0 Å². The molecule has 1 aliphatic carbocycles. The zero-order valence-electron chi connectivity index (χ0n) is 17.5. The van der Waals surface area contributed by atoms with Crippen molar-refractivity contribution in [3.05, 3.63) is 23.8 Å². The van der Waals surface area contributed by atoms with Gasteiger partial charge in [-0.15, -0.1) is 0 Å². The smallest absolute Gasteiger partial charge is 0.414 e. The Kier molecular flexibility index (Phi) is 6.88. The van der Waals surface area contributed by atoms with Crippen molar-refractivity contribution in [3.8, 4) is 0 Å². The number of rotatable bonds is 6. The number of carbonyl (C=O) groups is 2. The summed E-state index contributed by atoms with van der Waals surface area (Å²) < 4.78 is 59.6. The first-order valence-electron chi connectivity index (χ1n) is 10.6. The minimum absolute atomic E-state index is 0.0640. The van der Waals surface area contributed by atoms with E-state index in [0.29, 0.717) is 32.1 Å². The SMILES string of the molecule is O=C(NC[C@H]1CN(c2cc(F)c(N3CCNN(C(=S)C4CC4)CC3)c(F)c2)C(=O)O1)C(F)F. The number of hydrogen-bond donors (Lipinski definition) is 2. The second-order valence-corrected chi connectivity index (χ2v) is 8.50. The molecule has 2 aliphatic heterocycles. The second-order valence-electron chi connectivity index (χ2n) is 8.08. The number of thiocarbonyl (C=S) groups is 1. The molecule has 4 rings (SSSR count). The van der Waals surface area contributed by atoms with Crippen LogP contribution in [0.15, 0.2) is 12.1 Å². The standard InChI is InChI=1S/C20H23F4N5O3S/c21-14-7-12(28-10-13(32-20(28)31)9-25-18(30)17(23)24)8-15(22)16(14)27-4-3-26-29(6-5-27)19(33)11-1-2-11/h7-8,11,13,17,26H,1-6,9-10H2,(H,25,30)/t13-/m0/s1. The summed E-state index contributed by atoms with van der Waals surface area (Å²) in [6.07, 6.45) is -2.89. The average molecular weight is 489 g/mol. The number of cyclic esters (lactones) is 1. The molecule has 2 N–H and O–H groups in total. The number of anilines is 2. The van der Waals surface area contributed by atoms with Gasteiger partial charge in [0.05, 0.1) is 30.3 Å². The predicted octanol–water partition coefficient (Wildman–Crippen LogP) is 2.04. The molecule has 1 aromatic carbocycles. The zero-order chi connectivity index (χ0) is 23.7. The van der Waals surface area contributed by atoms with E-state index in [1.165, 1.54) is 0 Å². The summed E-state index contributed by atoms with van der Waals surface area (Å²) in [7, 11) is 0. The van der Waals surface area contributed by atoms with Crippen LogP contribution >= 0.6 is 12.2 Å². The van der Waals surface area contributed by atoms with Crippen molar-refractivity contribution in [2.45, 2.75) is 25.4 Å².